The number of rotatable bonds is 16. The molecule has 0 bridgehead atoms. The average molecular weight is 1050 g/mol. The summed E-state index contributed by atoms with van der Waals surface area (Å²) < 4.78 is 11.0. The molecule has 77 heavy (non-hydrogen) atoms. The number of methoxy groups -OCH3 is 2. The van der Waals surface area contributed by atoms with E-state index in [1.165, 1.54) is 24.0 Å². The Labute approximate surface area is 449 Å². The highest BCUT2D eigenvalue weighted by molar-refractivity contribution is 6.01. The Morgan fingerprint density at radius 3 is 1.56 bits per heavy atom. The van der Waals surface area contributed by atoms with Gasteiger partial charge in [-0.1, -0.05) is 35.8 Å². The number of anilines is 6. The number of carbonyl (C=O) groups excluding carboxylic acids is 5. The standard InChI is InChI=1S/C29H37N7O4.C27H31N7O3/c1-34-13-14-36(26(37)18-34)17-21-9-12-25(33-27(21)28(39-3)40-4)35(2)29(38)32-24-15-23(31-22-10-11-22)20(16-30-24)8-7-19-5-6-19;1-32-11-12-34(26(36)16-32)15-20-7-10-25(30-23(20)17-35)33(2)27(37)31-24-13-22(29-21-8-9-21)19(14-28-24)6-5-18-3-4-18/h9,12,15-16,19,22,28H,5-6,10-11,13-14,17-18H2,1-4H3,(H2,30,31,32,38);7,10,13-14,17-18,21H,3-4,8-9,11-12,15-16H2,1-2H3,(H2,28,29,31,37). The first-order chi connectivity index (χ1) is 37.2. The molecule has 4 aromatic heterocycles. The number of aldehydes is 1. The number of nitrogens with zero attached hydrogens (tertiary/aromatic N) is 10. The molecule has 21 nitrogen and oxygen atoms in total. The van der Waals surface area contributed by atoms with Crippen LogP contribution in [0.4, 0.5) is 44.2 Å². The van der Waals surface area contributed by atoms with Gasteiger partial charge >= 0.3 is 12.1 Å². The first-order valence-electron chi connectivity index (χ1n) is 26.3. The zero-order valence-corrected chi connectivity index (χ0v) is 44.7. The summed E-state index contributed by atoms with van der Waals surface area (Å²) in [4.78, 5) is 91.0. The summed E-state index contributed by atoms with van der Waals surface area (Å²) in [6, 6.07) is 10.7. The van der Waals surface area contributed by atoms with Crippen LogP contribution in [0.2, 0.25) is 0 Å². The van der Waals surface area contributed by atoms with Gasteiger partial charge in [0.2, 0.25) is 18.1 Å². The molecule has 404 valence electrons. The minimum Gasteiger partial charge on any atom is -0.381 e. The molecular formula is C56H68N14O7. The third-order valence-electron chi connectivity index (χ3n) is 13.9. The summed E-state index contributed by atoms with van der Waals surface area (Å²) >= 11 is 0. The number of hydrogen-bond acceptors (Lipinski definition) is 15. The number of nitrogens with one attached hydrogen (secondary N) is 4. The molecule has 0 unspecified atom stereocenters. The van der Waals surface area contributed by atoms with E-state index in [0.717, 1.165) is 92.5 Å². The smallest absolute Gasteiger partial charge is 0.328 e. The van der Waals surface area contributed by atoms with Crippen LogP contribution in [0, 0.1) is 35.5 Å². The number of urea groups is 2. The number of amides is 6. The third-order valence-corrected chi connectivity index (χ3v) is 13.9. The molecule has 6 amide bonds. The quantitative estimate of drug-likeness (QED) is 0.0608. The van der Waals surface area contributed by atoms with E-state index in [9.17, 15) is 24.0 Å². The van der Waals surface area contributed by atoms with Crippen molar-refractivity contribution < 1.29 is 33.4 Å². The Hall–Kier alpha value is -7.69. The summed E-state index contributed by atoms with van der Waals surface area (Å²) in [5, 5.41) is 12.7. The SMILES string of the molecule is CN1CCN(Cc2ccc(N(C)C(=O)Nc3cc(NC4CC4)c(C#CC4CC4)cn3)nc2C=O)C(=O)C1.COC(OC)c1nc(N(C)C(=O)Nc2cc(NC3CC3)c(C#CC3CC3)cn2)ccc1CN1CCN(C)CC1=O. The first kappa shape index (κ1) is 54.1. The molecule has 2 saturated heterocycles. The minimum absolute atomic E-state index is 0.0127. The van der Waals surface area contributed by atoms with Gasteiger partial charge in [0.25, 0.3) is 0 Å². The van der Waals surface area contributed by atoms with E-state index in [0.29, 0.717) is 104 Å². The Morgan fingerprint density at radius 1 is 0.675 bits per heavy atom. The Bertz CT molecular complexity index is 2990. The zero-order valence-electron chi connectivity index (χ0n) is 44.7. The molecule has 6 heterocycles. The number of likely N-dealkylation sites (N-methyl/N-ethyl adjacent to an activating group) is 2. The van der Waals surface area contributed by atoms with Crippen LogP contribution < -0.4 is 31.1 Å². The summed E-state index contributed by atoms with van der Waals surface area (Å²) in [6.07, 6.45) is 12.4. The largest absolute Gasteiger partial charge is 0.381 e. The van der Waals surface area contributed by atoms with Crippen molar-refractivity contribution >= 4 is 64.8 Å². The highest BCUT2D eigenvalue weighted by Gasteiger charge is 2.29. The molecule has 0 atom stereocenters. The maximum absolute atomic E-state index is 13.2. The number of carbonyl (C=O) groups is 5. The lowest BCUT2D eigenvalue weighted by atomic mass is 10.1. The number of ether oxygens (including phenoxy) is 2. The fourth-order valence-corrected chi connectivity index (χ4v) is 8.44. The third kappa shape index (κ3) is 14.8. The van der Waals surface area contributed by atoms with Gasteiger partial charge in [-0.15, -0.1) is 0 Å². The van der Waals surface area contributed by atoms with E-state index >= 15 is 0 Å². The zero-order chi connectivity index (χ0) is 54.2. The van der Waals surface area contributed by atoms with Gasteiger partial charge in [0.1, 0.15) is 34.7 Å². The van der Waals surface area contributed by atoms with Crippen LogP contribution in [0.25, 0.3) is 0 Å². The second-order valence-corrected chi connectivity index (χ2v) is 20.6. The van der Waals surface area contributed by atoms with Gasteiger partial charge in [0, 0.05) is 122 Å². The maximum Gasteiger partial charge on any atom is 0.328 e. The summed E-state index contributed by atoms with van der Waals surface area (Å²) in [7, 11) is 10.1. The molecule has 2 aliphatic heterocycles. The van der Waals surface area contributed by atoms with Crippen LogP contribution in [-0.2, 0) is 32.2 Å². The van der Waals surface area contributed by atoms with E-state index in [2.05, 4.69) is 59.9 Å². The normalized spacial score (nSPS) is 17.5. The summed E-state index contributed by atoms with van der Waals surface area (Å²) in [6.45, 7) is 4.20. The number of piperazine rings is 2. The van der Waals surface area contributed by atoms with Crippen LogP contribution in [0.15, 0.2) is 48.8 Å². The van der Waals surface area contributed by atoms with Gasteiger partial charge in [0.15, 0.2) is 6.29 Å². The Morgan fingerprint density at radius 2 is 1.13 bits per heavy atom. The van der Waals surface area contributed by atoms with E-state index in [1.54, 1.807) is 60.6 Å². The van der Waals surface area contributed by atoms with Gasteiger partial charge in [-0.25, -0.2) is 29.5 Å². The van der Waals surface area contributed by atoms with Gasteiger partial charge < -0.3 is 29.9 Å². The summed E-state index contributed by atoms with van der Waals surface area (Å²) in [5.74, 6) is 15.6. The van der Waals surface area contributed by atoms with Crippen LogP contribution in [0.1, 0.15) is 96.1 Å². The number of hydrogen-bond donors (Lipinski definition) is 4. The number of pyridine rings is 4. The lowest BCUT2D eigenvalue weighted by Crippen LogP contribution is -2.48. The molecule has 21 heteroatoms. The van der Waals surface area contributed by atoms with Crippen LogP contribution in [-0.4, -0.2) is 163 Å². The van der Waals surface area contributed by atoms with E-state index < -0.39 is 18.4 Å². The molecule has 10 rings (SSSR count). The molecule has 4 aliphatic carbocycles. The van der Waals surface area contributed by atoms with Crippen molar-refractivity contribution in [3.05, 3.63) is 82.4 Å². The fourth-order valence-electron chi connectivity index (χ4n) is 8.44. The van der Waals surface area contributed by atoms with Gasteiger partial charge in [-0.2, -0.15) is 0 Å². The highest BCUT2D eigenvalue weighted by atomic mass is 16.7. The topological polar surface area (TPSA) is 223 Å². The molecule has 4 N–H and O–H groups in total. The van der Waals surface area contributed by atoms with Crippen LogP contribution in [0.3, 0.4) is 0 Å². The second-order valence-electron chi connectivity index (χ2n) is 20.6. The van der Waals surface area contributed by atoms with Crippen LogP contribution >= 0.6 is 0 Å². The van der Waals surface area contributed by atoms with Crippen molar-refractivity contribution in [2.75, 3.05) is 113 Å². The number of aromatic nitrogens is 4. The fraction of sp³-hybridized carbons (Fsp3) is 0.482. The molecule has 0 aromatic carbocycles. The molecular weight excluding hydrogens is 981 g/mol. The average Bonchev–Trinajstić information content (AvgIpc) is 4.18. The molecule has 4 aromatic rings. The molecule has 6 aliphatic rings. The van der Waals surface area contributed by atoms with E-state index in [4.69, 9.17) is 14.5 Å². The maximum atomic E-state index is 13.2. The van der Waals surface area contributed by atoms with Crippen molar-refractivity contribution in [3.8, 4) is 23.7 Å². The minimum atomic E-state index is -0.754. The van der Waals surface area contributed by atoms with Crippen molar-refractivity contribution in [3.63, 3.8) is 0 Å². The van der Waals surface area contributed by atoms with E-state index in [-0.39, 0.29) is 17.5 Å². The molecule has 0 radical (unpaired) electrons. The molecule has 6 fully saturated rings. The van der Waals surface area contributed by atoms with Gasteiger partial charge in [0.05, 0.1) is 35.6 Å². The Balaban J connectivity index is 0.000000188. The predicted molar refractivity (Wildman–Crippen MR) is 292 cm³/mol. The van der Waals surface area contributed by atoms with Crippen molar-refractivity contribution in [2.24, 2.45) is 11.8 Å². The highest BCUT2D eigenvalue weighted by Crippen LogP contribution is 2.33. The molecule has 0 spiro atoms. The van der Waals surface area contributed by atoms with E-state index in [1.807, 2.05) is 36.0 Å². The lowest BCUT2D eigenvalue weighted by molar-refractivity contribution is -0.136. The van der Waals surface area contributed by atoms with Crippen molar-refractivity contribution in [1.82, 2.24) is 39.5 Å². The summed E-state index contributed by atoms with van der Waals surface area (Å²) in [5.41, 5.74) is 5.59. The second kappa shape index (κ2) is 24.5. The van der Waals surface area contributed by atoms with Crippen LogP contribution in [0.5, 0.6) is 0 Å². The van der Waals surface area contributed by atoms with Gasteiger partial charge in [-0.3, -0.25) is 44.6 Å². The lowest BCUT2D eigenvalue weighted by Gasteiger charge is -2.33. The van der Waals surface area contributed by atoms with Crippen molar-refractivity contribution in [2.45, 2.75) is 82.8 Å². The molecule has 4 saturated carbocycles. The predicted octanol–water partition coefficient (Wildman–Crippen LogP) is 5.61. The van der Waals surface area contributed by atoms with Gasteiger partial charge in [-0.05, 0) is 83.2 Å². The Kier molecular flexibility index (Phi) is 17.2. The monoisotopic (exact) mass is 1050 g/mol. The first-order valence-corrected chi connectivity index (χ1v) is 26.3. The van der Waals surface area contributed by atoms with Crippen molar-refractivity contribution in [1.29, 1.82) is 0 Å².